The third-order valence-electron chi connectivity index (χ3n) is 4.68. The van der Waals surface area contributed by atoms with E-state index in [9.17, 15) is 4.79 Å². The van der Waals surface area contributed by atoms with Gasteiger partial charge in [0, 0.05) is 5.57 Å². The van der Waals surface area contributed by atoms with E-state index in [0.29, 0.717) is 22.8 Å². The Hall–Kier alpha value is -3.27. The number of aldehydes is 1. The maximum atomic E-state index is 11.9. The Morgan fingerprint density at radius 2 is 1.41 bits per heavy atom. The number of fused-ring (bicyclic) bond motifs is 1. The summed E-state index contributed by atoms with van der Waals surface area (Å²) in [5, 5.41) is 2.23. The zero-order valence-corrected chi connectivity index (χ0v) is 15.9. The third-order valence-corrected chi connectivity index (χ3v) is 4.68. The molecule has 4 nitrogen and oxygen atoms in total. The number of methoxy groups -OCH3 is 3. The average Bonchev–Trinajstić information content (AvgIpc) is 2.72. The molecule has 0 aliphatic carbocycles. The van der Waals surface area contributed by atoms with Crippen molar-refractivity contribution in [2.24, 2.45) is 0 Å². The molecule has 0 fully saturated rings. The van der Waals surface area contributed by atoms with Crippen LogP contribution < -0.4 is 14.2 Å². The highest BCUT2D eigenvalue weighted by Crippen LogP contribution is 2.41. The highest BCUT2D eigenvalue weighted by molar-refractivity contribution is 6.17. The summed E-state index contributed by atoms with van der Waals surface area (Å²) in [5.74, 6) is 1.62. The first-order chi connectivity index (χ1) is 13.1. The number of benzene rings is 3. The van der Waals surface area contributed by atoms with Gasteiger partial charge in [0.1, 0.15) is 0 Å². The van der Waals surface area contributed by atoms with Gasteiger partial charge >= 0.3 is 0 Å². The summed E-state index contributed by atoms with van der Waals surface area (Å²) in [6, 6.07) is 17.8. The monoisotopic (exact) mass is 362 g/mol. The van der Waals surface area contributed by atoms with Crippen LogP contribution in [0.4, 0.5) is 0 Å². The molecule has 0 unspecified atom stereocenters. The number of ether oxygens (including phenoxy) is 3. The second-order valence-corrected chi connectivity index (χ2v) is 6.13. The largest absolute Gasteiger partial charge is 0.493 e. The lowest BCUT2D eigenvalue weighted by molar-refractivity contribution is -0.103. The predicted octanol–water partition coefficient (Wildman–Crippen LogP) is 5.00. The van der Waals surface area contributed by atoms with Crippen LogP contribution in [0.5, 0.6) is 17.2 Å². The van der Waals surface area contributed by atoms with Crippen LogP contribution in [0, 0.1) is 0 Å². The first kappa shape index (κ1) is 18.5. The minimum Gasteiger partial charge on any atom is -0.493 e. The maximum absolute atomic E-state index is 11.9. The van der Waals surface area contributed by atoms with Gasteiger partial charge < -0.3 is 14.2 Å². The van der Waals surface area contributed by atoms with Crippen LogP contribution in [0.2, 0.25) is 0 Å². The Bertz CT molecular complexity index is 993. The Kier molecular flexibility index (Phi) is 5.46. The van der Waals surface area contributed by atoms with Crippen molar-refractivity contribution in [3.05, 3.63) is 65.7 Å². The van der Waals surface area contributed by atoms with Crippen LogP contribution in [-0.4, -0.2) is 27.6 Å². The zero-order chi connectivity index (χ0) is 19.4. The molecule has 3 rings (SSSR count). The molecular weight excluding hydrogens is 340 g/mol. The van der Waals surface area contributed by atoms with Crippen molar-refractivity contribution in [2.75, 3.05) is 21.3 Å². The van der Waals surface area contributed by atoms with E-state index < -0.39 is 0 Å². The van der Waals surface area contributed by atoms with Crippen molar-refractivity contribution in [1.82, 2.24) is 0 Å². The van der Waals surface area contributed by atoms with E-state index in [1.165, 1.54) is 0 Å². The predicted molar refractivity (Wildman–Crippen MR) is 109 cm³/mol. The summed E-state index contributed by atoms with van der Waals surface area (Å²) in [5.41, 5.74) is 3.16. The van der Waals surface area contributed by atoms with E-state index in [4.69, 9.17) is 14.2 Å². The van der Waals surface area contributed by atoms with Crippen LogP contribution in [-0.2, 0) is 4.79 Å². The molecule has 0 spiro atoms. The average molecular weight is 362 g/mol. The van der Waals surface area contributed by atoms with Crippen molar-refractivity contribution in [1.29, 1.82) is 0 Å². The molecule has 0 aliphatic rings. The molecular formula is C23H22O4. The van der Waals surface area contributed by atoms with Crippen LogP contribution in [0.1, 0.15) is 18.1 Å². The molecule has 0 bridgehead atoms. The van der Waals surface area contributed by atoms with E-state index in [2.05, 4.69) is 6.07 Å². The smallest absolute Gasteiger partial charge is 0.203 e. The van der Waals surface area contributed by atoms with Crippen LogP contribution in [0.15, 0.2) is 54.6 Å². The van der Waals surface area contributed by atoms with Gasteiger partial charge in [0.25, 0.3) is 0 Å². The fourth-order valence-electron chi connectivity index (χ4n) is 3.18. The van der Waals surface area contributed by atoms with Gasteiger partial charge in [-0.05, 0) is 52.6 Å². The topological polar surface area (TPSA) is 44.8 Å². The Labute approximate surface area is 159 Å². The summed E-state index contributed by atoms with van der Waals surface area (Å²) in [6.07, 6.45) is 0.891. The van der Waals surface area contributed by atoms with Crippen molar-refractivity contribution >= 4 is 28.2 Å². The lowest BCUT2D eigenvalue weighted by Crippen LogP contribution is -1.98. The SMILES string of the molecule is COc1cc(C(C)=C(C=O)c2ccc3ccccc3c2)cc(OC)c1OC. The second kappa shape index (κ2) is 7.96. The zero-order valence-electron chi connectivity index (χ0n) is 15.9. The van der Waals surface area contributed by atoms with Crippen molar-refractivity contribution < 1.29 is 19.0 Å². The maximum Gasteiger partial charge on any atom is 0.203 e. The number of carbonyl (C=O) groups excluding carboxylic acids is 1. The quantitative estimate of drug-likeness (QED) is 0.352. The van der Waals surface area contributed by atoms with E-state index in [1.54, 1.807) is 21.3 Å². The highest BCUT2D eigenvalue weighted by Gasteiger charge is 2.16. The lowest BCUT2D eigenvalue weighted by atomic mass is 9.94. The minimum absolute atomic E-state index is 0.523. The molecule has 0 aliphatic heterocycles. The fraction of sp³-hybridized carbons (Fsp3) is 0.174. The van der Waals surface area contributed by atoms with Gasteiger partial charge in [0.2, 0.25) is 5.75 Å². The summed E-state index contributed by atoms with van der Waals surface area (Å²) in [4.78, 5) is 11.9. The molecule has 0 aromatic heterocycles. The lowest BCUT2D eigenvalue weighted by Gasteiger charge is -2.15. The van der Waals surface area contributed by atoms with E-state index in [-0.39, 0.29) is 0 Å². The number of hydrogen-bond acceptors (Lipinski definition) is 4. The summed E-state index contributed by atoms with van der Waals surface area (Å²) >= 11 is 0. The molecule has 0 saturated heterocycles. The highest BCUT2D eigenvalue weighted by atomic mass is 16.5. The Morgan fingerprint density at radius 3 is 1.96 bits per heavy atom. The third kappa shape index (κ3) is 3.51. The molecule has 138 valence electrons. The number of rotatable bonds is 6. The van der Waals surface area contributed by atoms with Crippen LogP contribution in [0.25, 0.3) is 21.9 Å². The normalized spacial score (nSPS) is 11.7. The van der Waals surface area contributed by atoms with Gasteiger partial charge in [0.15, 0.2) is 17.8 Å². The van der Waals surface area contributed by atoms with Crippen LogP contribution in [0.3, 0.4) is 0 Å². The Balaban J connectivity index is 2.18. The summed E-state index contributed by atoms with van der Waals surface area (Å²) in [6.45, 7) is 1.92. The molecule has 3 aromatic carbocycles. The Morgan fingerprint density at radius 1 is 0.778 bits per heavy atom. The number of hydrogen-bond donors (Lipinski definition) is 0. The van der Waals surface area contributed by atoms with E-state index in [0.717, 1.165) is 33.8 Å². The fourth-order valence-corrected chi connectivity index (χ4v) is 3.18. The van der Waals surface area contributed by atoms with Gasteiger partial charge in [-0.15, -0.1) is 0 Å². The molecule has 0 N–H and O–H groups in total. The molecule has 0 atom stereocenters. The summed E-state index contributed by atoms with van der Waals surface area (Å²) < 4.78 is 16.2. The molecule has 27 heavy (non-hydrogen) atoms. The molecule has 3 aromatic rings. The van der Waals surface area contributed by atoms with Crippen molar-refractivity contribution in [3.63, 3.8) is 0 Å². The van der Waals surface area contributed by atoms with Gasteiger partial charge in [-0.25, -0.2) is 0 Å². The van der Waals surface area contributed by atoms with Gasteiger partial charge in [0.05, 0.1) is 21.3 Å². The first-order valence-electron chi connectivity index (χ1n) is 8.58. The molecule has 4 heteroatoms. The van der Waals surface area contributed by atoms with Crippen molar-refractivity contribution in [3.8, 4) is 17.2 Å². The van der Waals surface area contributed by atoms with Gasteiger partial charge in [-0.1, -0.05) is 36.4 Å². The molecule has 0 heterocycles. The van der Waals surface area contributed by atoms with Gasteiger partial charge in [-0.2, -0.15) is 0 Å². The number of allylic oxidation sites excluding steroid dienone is 2. The molecule has 0 amide bonds. The standard InChI is InChI=1S/C23H22O4/c1-15(19-12-21(25-2)23(27-4)22(13-19)26-3)20(14-24)18-10-9-16-7-5-6-8-17(16)11-18/h5-14H,1-4H3. The number of carbonyl (C=O) groups is 1. The van der Waals surface area contributed by atoms with Crippen molar-refractivity contribution in [2.45, 2.75) is 6.92 Å². The molecule has 0 saturated carbocycles. The van der Waals surface area contributed by atoms with Gasteiger partial charge in [-0.3, -0.25) is 4.79 Å². The van der Waals surface area contributed by atoms with Crippen LogP contribution >= 0.6 is 0 Å². The second-order valence-electron chi connectivity index (χ2n) is 6.13. The minimum atomic E-state index is 0.523. The molecule has 0 radical (unpaired) electrons. The van der Waals surface area contributed by atoms with E-state index >= 15 is 0 Å². The van der Waals surface area contributed by atoms with E-state index in [1.807, 2.05) is 55.5 Å². The summed E-state index contributed by atoms with van der Waals surface area (Å²) in [7, 11) is 4.71. The first-order valence-corrected chi connectivity index (χ1v) is 8.58.